The van der Waals surface area contributed by atoms with Crippen LogP contribution in [0.1, 0.15) is 12.6 Å². The Morgan fingerprint density at radius 3 is 2.48 bits per heavy atom. The molecule has 1 heterocycles. The third kappa shape index (κ3) is 3.62. The van der Waals surface area contributed by atoms with Crippen molar-refractivity contribution in [2.24, 2.45) is 0 Å². The number of hydrogen-bond acceptors (Lipinski definition) is 4. The summed E-state index contributed by atoms with van der Waals surface area (Å²) in [6, 6.07) is 3.85. The van der Waals surface area contributed by atoms with E-state index in [9.17, 15) is 13.2 Å². The summed E-state index contributed by atoms with van der Waals surface area (Å²) < 4.78 is 46.1. The van der Waals surface area contributed by atoms with Gasteiger partial charge in [-0.15, -0.1) is 13.2 Å². The average Bonchev–Trinajstić information content (AvgIpc) is 2.45. The molecule has 1 aromatic heterocycles. The van der Waals surface area contributed by atoms with Gasteiger partial charge in [-0.1, -0.05) is 6.92 Å². The van der Waals surface area contributed by atoms with E-state index in [0.29, 0.717) is 29.1 Å². The third-order valence-corrected chi connectivity index (χ3v) is 2.77. The first-order chi connectivity index (χ1) is 9.94. The molecule has 0 amide bonds. The number of benzene rings is 1. The molecule has 0 spiro atoms. The van der Waals surface area contributed by atoms with E-state index in [2.05, 4.69) is 14.7 Å². The molecule has 112 valence electrons. The highest BCUT2D eigenvalue weighted by atomic mass is 19.4. The number of methoxy groups -OCH3 is 1. The molecular formula is C14H13F3N2O2. The molecule has 0 aliphatic carbocycles. The first kappa shape index (κ1) is 15.1. The lowest BCUT2D eigenvalue weighted by Crippen LogP contribution is -2.17. The second kappa shape index (κ2) is 5.99. The Bertz CT molecular complexity index is 630. The van der Waals surface area contributed by atoms with Gasteiger partial charge in [0.05, 0.1) is 18.5 Å². The van der Waals surface area contributed by atoms with Gasteiger partial charge in [0.1, 0.15) is 11.5 Å². The number of halogens is 3. The van der Waals surface area contributed by atoms with E-state index in [0.717, 1.165) is 0 Å². The maximum Gasteiger partial charge on any atom is 0.573 e. The van der Waals surface area contributed by atoms with Crippen LogP contribution < -0.4 is 9.47 Å². The topological polar surface area (TPSA) is 44.2 Å². The van der Waals surface area contributed by atoms with Crippen molar-refractivity contribution in [1.29, 1.82) is 0 Å². The van der Waals surface area contributed by atoms with Crippen LogP contribution in [0, 0.1) is 0 Å². The number of alkyl halides is 3. The predicted octanol–water partition coefficient (Wildman–Crippen LogP) is 3.61. The Morgan fingerprint density at radius 1 is 1.14 bits per heavy atom. The minimum atomic E-state index is -4.75. The lowest BCUT2D eigenvalue weighted by atomic mass is 10.1. The van der Waals surface area contributed by atoms with Crippen molar-refractivity contribution in [2.45, 2.75) is 19.7 Å². The summed E-state index contributed by atoms with van der Waals surface area (Å²) in [6.45, 7) is 1.88. The number of rotatable bonds is 4. The summed E-state index contributed by atoms with van der Waals surface area (Å²) in [5, 5.41) is 0. The van der Waals surface area contributed by atoms with E-state index in [4.69, 9.17) is 4.74 Å². The quantitative estimate of drug-likeness (QED) is 0.865. The maximum absolute atomic E-state index is 12.3. The molecule has 0 unspecified atom stereocenters. The number of nitrogens with zero attached hydrogens (tertiary/aromatic N) is 2. The molecule has 0 aliphatic rings. The second-order valence-corrected chi connectivity index (χ2v) is 4.12. The molecule has 7 heteroatoms. The summed E-state index contributed by atoms with van der Waals surface area (Å²) >= 11 is 0. The number of aromatic nitrogens is 2. The van der Waals surface area contributed by atoms with Gasteiger partial charge in [0.2, 0.25) is 0 Å². The SMILES string of the molecule is CCc1nccnc1-c1cc(OC(F)(F)F)ccc1OC. The predicted molar refractivity (Wildman–Crippen MR) is 70.1 cm³/mol. The van der Waals surface area contributed by atoms with E-state index in [1.807, 2.05) is 6.92 Å². The summed E-state index contributed by atoms with van der Waals surface area (Å²) in [5.41, 5.74) is 1.55. The lowest BCUT2D eigenvalue weighted by Gasteiger charge is -2.14. The Morgan fingerprint density at radius 2 is 1.86 bits per heavy atom. The fraction of sp³-hybridized carbons (Fsp3) is 0.286. The Labute approximate surface area is 119 Å². The molecule has 0 bridgehead atoms. The van der Waals surface area contributed by atoms with Crippen LogP contribution in [-0.2, 0) is 6.42 Å². The highest BCUT2D eigenvalue weighted by Gasteiger charge is 2.31. The van der Waals surface area contributed by atoms with Gasteiger partial charge in [-0.05, 0) is 24.6 Å². The third-order valence-electron chi connectivity index (χ3n) is 2.77. The fourth-order valence-electron chi connectivity index (χ4n) is 1.92. The molecule has 0 atom stereocenters. The van der Waals surface area contributed by atoms with Crippen LogP contribution in [0.3, 0.4) is 0 Å². The van der Waals surface area contributed by atoms with E-state index in [1.165, 1.54) is 37.7 Å². The number of ether oxygens (including phenoxy) is 2. The van der Waals surface area contributed by atoms with Gasteiger partial charge >= 0.3 is 6.36 Å². The molecule has 21 heavy (non-hydrogen) atoms. The summed E-state index contributed by atoms with van der Waals surface area (Å²) in [4.78, 5) is 8.36. The lowest BCUT2D eigenvalue weighted by molar-refractivity contribution is -0.274. The van der Waals surface area contributed by atoms with Gasteiger partial charge < -0.3 is 9.47 Å². The van der Waals surface area contributed by atoms with Crippen molar-refractivity contribution in [2.75, 3.05) is 7.11 Å². The van der Waals surface area contributed by atoms with Crippen LogP contribution in [0.5, 0.6) is 11.5 Å². The van der Waals surface area contributed by atoms with E-state index < -0.39 is 6.36 Å². The second-order valence-electron chi connectivity index (χ2n) is 4.12. The standard InChI is InChI=1S/C14H13F3N2O2/c1-3-11-13(19-7-6-18-11)10-8-9(21-14(15,16)17)4-5-12(10)20-2/h4-8H,3H2,1-2H3. The van der Waals surface area contributed by atoms with Gasteiger partial charge in [-0.25, -0.2) is 0 Å². The number of hydrogen-bond donors (Lipinski definition) is 0. The zero-order valence-electron chi connectivity index (χ0n) is 11.4. The van der Waals surface area contributed by atoms with Gasteiger partial charge in [-0.2, -0.15) is 0 Å². The smallest absolute Gasteiger partial charge is 0.496 e. The van der Waals surface area contributed by atoms with E-state index in [-0.39, 0.29) is 5.75 Å². The molecule has 2 rings (SSSR count). The minimum absolute atomic E-state index is 0.328. The van der Waals surface area contributed by atoms with Crippen LogP contribution in [0.4, 0.5) is 13.2 Å². The molecule has 1 aromatic carbocycles. The largest absolute Gasteiger partial charge is 0.573 e. The van der Waals surface area contributed by atoms with Crippen molar-refractivity contribution in [1.82, 2.24) is 9.97 Å². The maximum atomic E-state index is 12.3. The molecule has 4 nitrogen and oxygen atoms in total. The molecule has 0 radical (unpaired) electrons. The average molecular weight is 298 g/mol. The molecule has 2 aromatic rings. The first-order valence-electron chi connectivity index (χ1n) is 6.18. The highest BCUT2D eigenvalue weighted by molar-refractivity contribution is 5.70. The van der Waals surface area contributed by atoms with Gasteiger partial charge in [0.25, 0.3) is 0 Å². The van der Waals surface area contributed by atoms with Crippen LogP contribution in [0.15, 0.2) is 30.6 Å². The Hall–Kier alpha value is -2.31. The number of aryl methyl sites for hydroxylation is 1. The van der Waals surface area contributed by atoms with Crippen LogP contribution in [0.25, 0.3) is 11.3 Å². The summed E-state index contributed by atoms with van der Waals surface area (Å²) in [7, 11) is 1.44. The van der Waals surface area contributed by atoms with Crippen LogP contribution >= 0.6 is 0 Å². The Kier molecular flexibility index (Phi) is 4.30. The molecule has 0 N–H and O–H groups in total. The van der Waals surface area contributed by atoms with E-state index in [1.54, 1.807) is 0 Å². The van der Waals surface area contributed by atoms with Crippen LogP contribution in [-0.4, -0.2) is 23.4 Å². The molecule has 0 aliphatic heterocycles. The van der Waals surface area contributed by atoms with Gasteiger partial charge in [0.15, 0.2) is 0 Å². The molecule has 0 saturated carbocycles. The van der Waals surface area contributed by atoms with Crippen molar-refractivity contribution < 1.29 is 22.6 Å². The van der Waals surface area contributed by atoms with Crippen molar-refractivity contribution >= 4 is 0 Å². The monoisotopic (exact) mass is 298 g/mol. The molecule has 0 saturated heterocycles. The molecular weight excluding hydrogens is 285 g/mol. The van der Waals surface area contributed by atoms with Crippen molar-refractivity contribution in [3.8, 4) is 22.8 Å². The summed E-state index contributed by atoms with van der Waals surface area (Å²) in [6.07, 6.45) is -1.14. The van der Waals surface area contributed by atoms with Gasteiger partial charge in [-0.3, -0.25) is 9.97 Å². The van der Waals surface area contributed by atoms with Crippen LogP contribution in [0.2, 0.25) is 0 Å². The Balaban J connectivity index is 2.52. The highest BCUT2D eigenvalue weighted by Crippen LogP contribution is 2.35. The van der Waals surface area contributed by atoms with Crippen molar-refractivity contribution in [3.63, 3.8) is 0 Å². The zero-order valence-corrected chi connectivity index (χ0v) is 11.4. The molecule has 0 fully saturated rings. The minimum Gasteiger partial charge on any atom is -0.496 e. The fourth-order valence-corrected chi connectivity index (χ4v) is 1.92. The first-order valence-corrected chi connectivity index (χ1v) is 6.18. The summed E-state index contributed by atoms with van der Waals surface area (Å²) in [5.74, 6) is 0.0748. The zero-order chi connectivity index (χ0) is 15.5. The van der Waals surface area contributed by atoms with E-state index >= 15 is 0 Å². The van der Waals surface area contributed by atoms with Gasteiger partial charge in [0, 0.05) is 18.0 Å². The normalized spacial score (nSPS) is 11.3. The van der Waals surface area contributed by atoms with Crippen molar-refractivity contribution in [3.05, 3.63) is 36.3 Å².